The highest BCUT2D eigenvalue weighted by Crippen LogP contribution is 2.28. The van der Waals surface area contributed by atoms with Gasteiger partial charge in [-0.05, 0) is 63.6 Å². The summed E-state index contributed by atoms with van der Waals surface area (Å²) in [6.45, 7) is 7.31. The summed E-state index contributed by atoms with van der Waals surface area (Å²) in [5.74, 6) is 1.12. The standard InChI is InChI=1S/C24H34N4O2/c1-18-23(19(2)30-26-18)24(29)28(15-20-8-6-12-25-14-20)17-21-9-7-13-27(16-21)22-10-4-3-5-11-22/h6,8,12,14,21-22H,3-5,7,9-11,13,15-17H2,1-2H3/t21-/m1/s1. The Morgan fingerprint density at radius 2 is 2.03 bits per heavy atom. The molecule has 2 aromatic heterocycles. The van der Waals surface area contributed by atoms with Crippen LogP contribution in [0.25, 0.3) is 0 Å². The molecule has 6 nitrogen and oxygen atoms in total. The van der Waals surface area contributed by atoms with Crippen molar-refractivity contribution >= 4 is 5.91 Å². The lowest BCUT2D eigenvalue weighted by molar-refractivity contribution is 0.0581. The number of carbonyl (C=O) groups is 1. The Morgan fingerprint density at radius 1 is 1.20 bits per heavy atom. The lowest BCUT2D eigenvalue weighted by Crippen LogP contribution is -2.47. The number of rotatable bonds is 6. The molecule has 2 fully saturated rings. The molecule has 0 aromatic carbocycles. The van der Waals surface area contributed by atoms with Gasteiger partial charge in [0.15, 0.2) is 0 Å². The molecule has 0 radical (unpaired) electrons. The van der Waals surface area contributed by atoms with Gasteiger partial charge in [-0.1, -0.05) is 30.5 Å². The summed E-state index contributed by atoms with van der Waals surface area (Å²) in [5, 5.41) is 4.00. The molecule has 1 aliphatic carbocycles. The molecule has 1 atom stereocenters. The molecular weight excluding hydrogens is 376 g/mol. The zero-order valence-electron chi connectivity index (χ0n) is 18.3. The Labute approximate surface area is 179 Å². The molecule has 1 saturated carbocycles. The third-order valence-electron chi connectivity index (χ3n) is 6.75. The van der Waals surface area contributed by atoms with Gasteiger partial charge in [0.2, 0.25) is 0 Å². The zero-order valence-corrected chi connectivity index (χ0v) is 18.3. The lowest BCUT2D eigenvalue weighted by Gasteiger charge is -2.41. The Bertz CT molecular complexity index is 809. The van der Waals surface area contributed by atoms with E-state index in [2.05, 4.69) is 15.0 Å². The molecule has 1 amide bonds. The normalized spacial score (nSPS) is 20.9. The fraction of sp³-hybridized carbons (Fsp3) is 0.625. The van der Waals surface area contributed by atoms with E-state index in [0.29, 0.717) is 29.5 Å². The van der Waals surface area contributed by atoms with Crippen molar-refractivity contribution in [1.29, 1.82) is 0 Å². The molecule has 0 bridgehead atoms. The van der Waals surface area contributed by atoms with Crippen molar-refractivity contribution in [1.82, 2.24) is 19.9 Å². The molecule has 6 heteroatoms. The summed E-state index contributed by atoms with van der Waals surface area (Å²) in [5.41, 5.74) is 2.33. The van der Waals surface area contributed by atoms with E-state index in [-0.39, 0.29) is 5.91 Å². The monoisotopic (exact) mass is 410 g/mol. The molecule has 1 aliphatic heterocycles. The van der Waals surface area contributed by atoms with Gasteiger partial charge in [-0.15, -0.1) is 0 Å². The third-order valence-corrected chi connectivity index (χ3v) is 6.75. The highest BCUT2D eigenvalue weighted by Gasteiger charge is 2.30. The van der Waals surface area contributed by atoms with Crippen molar-refractivity contribution in [3.05, 3.63) is 47.1 Å². The van der Waals surface area contributed by atoms with Gasteiger partial charge in [-0.2, -0.15) is 0 Å². The van der Waals surface area contributed by atoms with Gasteiger partial charge >= 0.3 is 0 Å². The van der Waals surface area contributed by atoms with Gasteiger partial charge in [-0.3, -0.25) is 9.78 Å². The maximum atomic E-state index is 13.5. The third kappa shape index (κ3) is 4.91. The summed E-state index contributed by atoms with van der Waals surface area (Å²) < 4.78 is 5.29. The number of likely N-dealkylation sites (tertiary alicyclic amines) is 1. The molecule has 3 heterocycles. The minimum Gasteiger partial charge on any atom is -0.361 e. The van der Waals surface area contributed by atoms with Gasteiger partial charge in [-0.25, -0.2) is 0 Å². The Hall–Kier alpha value is -2.21. The van der Waals surface area contributed by atoms with E-state index in [4.69, 9.17) is 4.52 Å². The molecule has 2 aliphatic rings. The quantitative estimate of drug-likeness (QED) is 0.707. The summed E-state index contributed by atoms with van der Waals surface area (Å²) in [7, 11) is 0. The number of piperidine rings is 1. The van der Waals surface area contributed by atoms with Crippen molar-refractivity contribution < 1.29 is 9.32 Å². The number of amides is 1. The second-order valence-corrected chi connectivity index (χ2v) is 9.04. The molecule has 162 valence electrons. The number of pyridine rings is 1. The van der Waals surface area contributed by atoms with Crippen molar-refractivity contribution in [2.24, 2.45) is 5.92 Å². The lowest BCUT2D eigenvalue weighted by atomic mass is 9.90. The van der Waals surface area contributed by atoms with Crippen LogP contribution in [0.2, 0.25) is 0 Å². The Balaban J connectivity index is 1.49. The second-order valence-electron chi connectivity index (χ2n) is 9.04. The summed E-state index contributed by atoms with van der Waals surface area (Å²) >= 11 is 0. The maximum absolute atomic E-state index is 13.5. The van der Waals surface area contributed by atoms with Crippen LogP contribution in [0.15, 0.2) is 29.0 Å². The highest BCUT2D eigenvalue weighted by atomic mass is 16.5. The van der Waals surface area contributed by atoms with Gasteiger partial charge in [0.25, 0.3) is 5.91 Å². The van der Waals surface area contributed by atoms with Crippen molar-refractivity contribution in [2.45, 2.75) is 71.4 Å². The van der Waals surface area contributed by atoms with Crippen LogP contribution in [0.1, 0.15) is 72.3 Å². The number of aryl methyl sites for hydroxylation is 2. The largest absolute Gasteiger partial charge is 0.361 e. The van der Waals surface area contributed by atoms with Gasteiger partial charge < -0.3 is 14.3 Å². The Kier molecular flexibility index (Phi) is 6.82. The smallest absolute Gasteiger partial charge is 0.259 e. The van der Waals surface area contributed by atoms with Crippen molar-refractivity contribution in [3.8, 4) is 0 Å². The molecule has 0 N–H and O–H groups in total. The number of hydrogen-bond donors (Lipinski definition) is 0. The number of hydrogen-bond acceptors (Lipinski definition) is 5. The highest BCUT2D eigenvalue weighted by molar-refractivity contribution is 5.96. The van der Waals surface area contributed by atoms with Crippen LogP contribution in [0.3, 0.4) is 0 Å². The van der Waals surface area contributed by atoms with Gasteiger partial charge in [0, 0.05) is 38.1 Å². The predicted octanol–water partition coefficient (Wildman–Crippen LogP) is 4.37. The van der Waals surface area contributed by atoms with Crippen LogP contribution in [0.4, 0.5) is 0 Å². The summed E-state index contributed by atoms with van der Waals surface area (Å²) in [4.78, 5) is 22.4. The number of nitrogens with zero attached hydrogens (tertiary/aromatic N) is 4. The van der Waals surface area contributed by atoms with Crippen LogP contribution in [-0.2, 0) is 6.54 Å². The average molecular weight is 411 g/mol. The summed E-state index contributed by atoms with van der Waals surface area (Å²) in [6, 6.07) is 4.71. The van der Waals surface area contributed by atoms with Gasteiger partial charge in [0.05, 0.1) is 5.69 Å². The van der Waals surface area contributed by atoms with Crippen molar-refractivity contribution in [2.75, 3.05) is 19.6 Å². The minimum atomic E-state index is 0.0184. The maximum Gasteiger partial charge on any atom is 0.259 e. The van der Waals surface area contributed by atoms with E-state index in [1.165, 1.54) is 51.5 Å². The number of carbonyl (C=O) groups excluding carboxylic acids is 1. The minimum absolute atomic E-state index is 0.0184. The van der Waals surface area contributed by atoms with Crippen LogP contribution >= 0.6 is 0 Å². The molecule has 1 saturated heterocycles. The first-order valence-electron chi connectivity index (χ1n) is 11.5. The fourth-order valence-corrected chi connectivity index (χ4v) is 5.21. The molecule has 2 aromatic rings. The fourth-order valence-electron chi connectivity index (χ4n) is 5.21. The predicted molar refractivity (Wildman–Crippen MR) is 116 cm³/mol. The average Bonchev–Trinajstić information content (AvgIpc) is 3.12. The molecule has 0 unspecified atom stereocenters. The topological polar surface area (TPSA) is 62.5 Å². The first-order valence-corrected chi connectivity index (χ1v) is 11.5. The van der Waals surface area contributed by atoms with E-state index in [1.54, 1.807) is 6.20 Å². The van der Waals surface area contributed by atoms with Gasteiger partial charge in [0.1, 0.15) is 11.3 Å². The van der Waals surface area contributed by atoms with Crippen LogP contribution < -0.4 is 0 Å². The van der Waals surface area contributed by atoms with E-state index in [9.17, 15) is 4.79 Å². The first-order chi connectivity index (χ1) is 14.6. The van der Waals surface area contributed by atoms with Crippen LogP contribution in [0, 0.1) is 19.8 Å². The molecule has 30 heavy (non-hydrogen) atoms. The molecular formula is C24H34N4O2. The Morgan fingerprint density at radius 3 is 2.73 bits per heavy atom. The van der Waals surface area contributed by atoms with E-state index in [1.807, 2.05) is 37.1 Å². The van der Waals surface area contributed by atoms with E-state index < -0.39 is 0 Å². The molecule has 4 rings (SSSR count). The first kappa shape index (κ1) is 21.0. The second kappa shape index (κ2) is 9.73. The molecule has 0 spiro atoms. The van der Waals surface area contributed by atoms with Crippen LogP contribution in [-0.4, -0.2) is 51.5 Å². The zero-order chi connectivity index (χ0) is 20.9. The van der Waals surface area contributed by atoms with E-state index in [0.717, 1.165) is 24.7 Å². The summed E-state index contributed by atoms with van der Waals surface area (Å²) in [6.07, 6.45) is 12.8. The van der Waals surface area contributed by atoms with E-state index >= 15 is 0 Å². The number of aromatic nitrogens is 2. The van der Waals surface area contributed by atoms with Crippen LogP contribution in [0.5, 0.6) is 0 Å². The van der Waals surface area contributed by atoms with Crippen molar-refractivity contribution in [3.63, 3.8) is 0 Å². The SMILES string of the molecule is Cc1noc(C)c1C(=O)N(Cc1cccnc1)C[C@@H]1CCCN(C2CCCCC2)C1.